The van der Waals surface area contributed by atoms with Crippen LogP contribution >= 0.6 is 23.2 Å². The summed E-state index contributed by atoms with van der Waals surface area (Å²) < 4.78 is 0. The van der Waals surface area contributed by atoms with Crippen molar-refractivity contribution in [3.63, 3.8) is 0 Å². The normalized spacial score (nSPS) is 17.0. The minimum Gasteiger partial charge on any atom is -0.352 e. The van der Waals surface area contributed by atoms with Gasteiger partial charge in [-0.15, -0.1) is 0 Å². The molecular weight excluding hydrogens is 359 g/mol. The lowest BCUT2D eigenvalue weighted by atomic mass is 10.1. The lowest BCUT2D eigenvalue weighted by Crippen LogP contribution is -2.32. The number of carbonyl (C=O) groups is 2. The van der Waals surface area contributed by atoms with Crippen molar-refractivity contribution in [2.24, 2.45) is 5.92 Å². The van der Waals surface area contributed by atoms with E-state index in [0.717, 1.165) is 11.1 Å². The van der Waals surface area contributed by atoms with Crippen LogP contribution in [0.25, 0.3) is 0 Å². The van der Waals surface area contributed by atoms with Gasteiger partial charge in [0, 0.05) is 36.1 Å². The third kappa shape index (κ3) is 4.53. The number of hydrogen-bond acceptors (Lipinski definition) is 2. The largest absolute Gasteiger partial charge is 0.352 e. The number of benzene rings is 2. The summed E-state index contributed by atoms with van der Waals surface area (Å²) in [7, 11) is 0. The lowest BCUT2D eigenvalue weighted by molar-refractivity contribution is -0.129. The average molecular weight is 377 g/mol. The van der Waals surface area contributed by atoms with Crippen molar-refractivity contribution in [2.75, 3.05) is 6.54 Å². The molecule has 2 aromatic carbocycles. The number of rotatable bonds is 5. The van der Waals surface area contributed by atoms with Gasteiger partial charge in [0.15, 0.2) is 0 Å². The molecule has 130 valence electrons. The zero-order chi connectivity index (χ0) is 17.8. The van der Waals surface area contributed by atoms with Gasteiger partial charge in [-0.25, -0.2) is 0 Å². The van der Waals surface area contributed by atoms with Gasteiger partial charge >= 0.3 is 0 Å². The van der Waals surface area contributed by atoms with E-state index < -0.39 is 0 Å². The Morgan fingerprint density at radius 1 is 1.16 bits per heavy atom. The number of likely N-dealkylation sites (tertiary alicyclic amines) is 1. The van der Waals surface area contributed by atoms with E-state index in [2.05, 4.69) is 5.32 Å². The average Bonchev–Trinajstić information content (AvgIpc) is 2.95. The maximum Gasteiger partial charge on any atom is 0.225 e. The van der Waals surface area contributed by atoms with Crippen LogP contribution in [0.3, 0.4) is 0 Å². The van der Waals surface area contributed by atoms with Crippen LogP contribution in [0.15, 0.2) is 48.5 Å². The molecule has 2 aromatic rings. The zero-order valence-corrected chi connectivity index (χ0v) is 15.1. The highest BCUT2D eigenvalue weighted by Crippen LogP contribution is 2.22. The summed E-state index contributed by atoms with van der Waals surface area (Å²) in [6, 6.07) is 14.9. The zero-order valence-electron chi connectivity index (χ0n) is 13.5. The van der Waals surface area contributed by atoms with E-state index in [0.29, 0.717) is 29.7 Å². The summed E-state index contributed by atoms with van der Waals surface area (Å²) in [4.78, 5) is 26.3. The quantitative estimate of drug-likeness (QED) is 0.865. The fourth-order valence-corrected chi connectivity index (χ4v) is 3.37. The molecular formula is C19H18Cl2N2O2. The molecule has 25 heavy (non-hydrogen) atoms. The summed E-state index contributed by atoms with van der Waals surface area (Å²) in [5, 5.41) is 3.93. The molecule has 1 fully saturated rings. The predicted molar refractivity (Wildman–Crippen MR) is 98.3 cm³/mol. The van der Waals surface area contributed by atoms with Gasteiger partial charge in [-0.05, 0) is 23.3 Å². The van der Waals surface area contributed by atoms with Gasteiger partial charge < -0.3 is 10.2 Å². The maximum absolute atomic E-state index is 12.4. The second-order valence-corrected chi connectivity index (χ2v) is 6.96. The highest BCUT2D eigenvalue weighted by atomic mass is 35.5. The van der Waals surface area contributed by atoms with Gasteiger partial charge in [0.2, 0.25) is 11.8 Å². The smallest absolute Gasteiger partial charge is 0.225 e. The van der Waals surface area contributed by atoms with Crippen LogP contribution in [-0.4, -0.2) is 23.3 Å². The molecule has 2 amide bonds. The van der Waals surface area contributed by atoms with Crippen molar-refractivity contribution in [3.8, 4) is 0 Å². The van der Waals surface area contributed by atoms with Gasteiger partial charge in [0.25, 0.3) is 0 Å². The Morgan fingerprint density at radius 3 is 2.64 bits per heavy atom. The Kier molecular flexibility index (Phi) is 5.61. The minimum atomic E-state index is -0.331. The molecule has 0 bridgehead atoms. The van der Waals surface area contributed by atoms with E-state index in [1.165, 1.54) is 0 Å². The van der Waals surface area contributed by atoms with Crippen molar-refractivity contribution < 1.29 is 9.59 Å². The van der Waals surface area contributed by atoms with Crippen molar-refractivity contribution in [3.05, 3.63) is 69.7 Å². The molecule has 3 rings (SSSR count). The van der Waals surface area contributed by atoms with Gasteiger partial charge in [0.05, 0.1) is 5.92 Å². The van der Waals surface area contributed by atoms with E-state index >= 15 is 0 Å². The van der Waals surface area contributed by atoms with Crippen LogP contribution < -0.4 is 5.32 Å². The minimum absolute atomic E-state index is 0.00790. The van der Waals surface area contributed by atoms with E-state index in [-0.39, 0.29) is 24.2 Å². The van der Waals surface area contributed by atoms with E-state index in [1.807, 2.05) is 30.3 Å². The summed E-state index contributed by atoms with van der Waals surface area (Å²) in [5.41, 5.74) is 1.86. The van der Waals surface area contributed by atoms with Crippen LogP contribution in [0.5, 0.6) is 0 Å². The van der Waals surface area contributed by atoms with Crippen LogP contribution in [0.4, 0.5) is 0 Å². The second-order valence-electron chi connectivity index (χ2n) is 6.11. The van der Waals surface area contributed by atoms with Crippen LogP contribution in [0.1, 0.15) is 17.5 Å². The Balaban J connectivity index is 1.55. The molecule has 1 N–H and O–H groups in total. The Bertz CT molecular complexity index is 780. The van der Waals surface area contributed by atoms with Crippen LogP contribution in [0, 0.1) is 5.92 Å². The van der Waals surface area contributed by atoms with Crippen molar-refractivity contribution in [1.29, 1.82) is 0 Å². The van der Waals surface area contributed by atoms with E-state index in [4.69, 9.17) is 23.2 Å². The molecule has 0 radical (unpaired) electrons. The first-order valence-corrected chi connectivity index (χ1v) is 8.82. The van der Waals surface area contributed by atoms with E-state index in [9.17, 15) is 9.59 Å². The van der Waals surface area contributed by atoms with Gasteiger partial charge in [-0.1, -0.05) is 59.6 Å². The molecule has 0 saturated carbocycles. The molecule has 4 nitrogen and oxygen atoms in total. The highest BCUT2D eigenvalue weighted by molar-refractivity contribution is 6.35. The Hall–Kier alpha value is -2.04. The molecule has 1 heterocycles. The second kappa shape index (κ2) is 7.89. The predicted octanol–water partition coefficient (Wildman–Crippen LogP) is 3.66. The van der Waals surface area contributed by atoms with E-state index in [1.54, 1.807) is 23.1 Å². The lowest BCUT2D eigenvalue weighted by Gasteiger charge is -2.16. The molecule has 0 unspecified atom stereocenters. The molecule has 1 aliphatic rings. The monoisotopic (exact) mass is 376 g/mol. The molecule has 0 aliphatic carbocycles. The number of hydrogen-bond donors (Lipinski definition) is 1. The van der Waals surface area contributed by atoms with Crippen LogP contribution in [-0.2, 0) is 22.7 Å². The third-order valence-electron chi connectivity index (χ3n) is 4.27. The molecule has 1 atom stereocenters. The highest BCUT2D eigenvalue weighted by Gasteiger charge is 2.34. The van der Waals surface area contributed by atoms with Gasteiger partial charge in [0.1, 0.15) is 0 Å². The molecule has 0 spiro atoms. The van der Waals surface area contributed by atoms with Crippen molar-refractivity contribution >= 4 is 35.0 Å². The summed E-state index contributed by atoms with van der Waals surface area (Å²) >= 11 is 12.0. The number of amides is 2. The third-order valence-corrected chi connectivity index (χ3v) is 4.86. The van der Waals surface area contributed by atoms with Gasteiger partial charge in [-0.3, -0.25) is 9.59 Å². The molecule has 0 aromatic heterocycles. The van der Waals surface area contributed by atoms with Crippen molar-refractivity contribution in [1.82, 2.24) is 10.2 Å². The fourth-order valence-electron chi connectivity index (χ4n) is 2.90. The topological polar surface area (TPSA) is 49.4 Å². The fraction of sp³-hybridized carbons (Fsp3) is 0.263. The summed E-state index contributed by atoms with van der Waals surface area (Å²) in [6.45, 7) is 1.29. The van der Waals surface area contributed by atoms with Crippen LogP contribution in [0.2, 0.25) is 10.0 Å². The summed E-state index contributed by atoms with van der Waals surface area (Å²) in [6.07, 6.45) is 0.243. The Labute approximate surface area is 156 Å². The first-order chi connectivity index (χ1) is 12.0. The number of halogens is 2. The molecule has 1 saturated heterocycles. The molecule has 6 heteroatoms. The number of carbonyl (C=O) groups excluding carboxylic acids is 2. The SMILES string of the molecule is O=C(NCc1ccc(Cl)cc1Cl)[C@H]1CC(=O)N(Cc2ccccc2)C1. The van der Waals surface area contributed by atoms with Gasteiger partial charge in [-0.2, -0.15) is 0 Å². The first kappa shape index (κ1) is 17.8. The maximum atomic E-state index is 12.4. The number of nitrogens with one attached hydrogen (secondary N) is 1. The van der Waals surface area contributed by atoms with Crippen molar-refractivity contribution in [2.45, 2.75) is 19.5 Å². The standard InChI is InChI=1S/C19H18Cl2N2O2/c20-16-7-6-14(17(21)9-16)10-22-19(25)15-8-18(24)23(12-15)11-13-4-2-1-3-5-13/h1-7,9,15H,8,10-12H2,(H,22,25)/t15-/m0/s1. The Morgan fingerprint density at radius 2 is 1.92 bits per heavy atom. The first-order valence-electron chi connectivity index (χ1n) is 8.06. The number of nitrogens with zero attached hydrogens (tertiary/aromatic N) is 1. The summed E-state index contributed by atoms with van der Waals surface area (Å²) in [5.74, 6) is -0.453. The molecule has 1 aliphatic heterocycles.